The Balaban J connectivity index is 3.36. The number of nitrogens with one attached hydrogen (secondary N) is 1. The molecular weight excluding hydrogens is 289 g/mol. The Morgan fingerprint density at radius 3 is 2.55 bits per heavy atom. The Bertz CT molecular complexity index is 594. The Kier molecular flexibility index (Phi) is 4.32. The number of carbonyl (C=O) groups is 1. The van der Waals surface area contributed by atoms with Crippen LogP contribution in [0.4, 0.5) is 19.0 Å². The number of halogens is 3. The molecule has 0 fully saturated rings. The third-order valence-corrected chi connectivity index (χ3v) is 2.04. The van der Waals surface area contributed by atoms with Crippen molar-refractivity contribution >= 4 is 11.8 Å². The number of hydrogen-bond donors (Lipinski definition) is 1. The van der Waals surface area contributed by atoms with Gasteiger partial charge in [0.15, 0.2) is 5.43 Å². The molecule has 0 spiro atoms. The molecule has 110 valence electrons. The summed E-state index contributed by atoms with van der Waals surface area (Å²) in [4.78, 5) is 33.6. The standard InChI is InChI=1S/C9H7F3N2O6/c1-19-7(16)2-4-5(15)3-6(14(17)18)13-8(4)20-9(10,11)12/h3H,2H2,1H3,(H,13,15). The molecule has 0 saturated carbocycles. The van der Waals surface area contributed by atoms with Crippen LogP contribution in [0, 0.1) is 10.1 Å². The van der Waals surface area contributed by atoms with Crippen molar-refractivity contribution in [2.24, 2.45) is 0 Å². The van der Waals surface area contributed by atoms with Crippen LogP contribution < -0.4 is 10.2 Å². The van der Waals surface area contributed by atoms with E-state index in [1.807, 2.05) is 0 Å². The molecule has 0 saturated heterocycles. The van der Waals surface area contributed by atoms with Gasteiger partial charge in [0.2, 0.25) is 0 Å². The minimum Gasteiger partial charge on any atom is -0.469 e. The minimum absolute atomic E-state index is 0.446. The number of nitrogens with zero attached hydrogens (tertiary/aromatic N) is 1. The summed E-state index contributed by atoms with van der Waals surface area (Å²) in [5, 5.41) is 10.5. The number of nitro groups is 1. The number of H-pyrrole nitrogens is 1. The topological polar surface area (TPSA) is 112 Å². The maximum Gasteiger partial charge on any atom is 0.575 e. The van der Waals surface area contributed by atoms with Crippen LogP contribution in [0.2, 0.25) is 0 Å². The maximum atomic E-state index is 12.2. The van der Waals surface area contributed by atoms with Gasteiger partial charge in [0.1, 0.15) is 0 Å². The normalized spacial score (nSPS) is 11.0. The van der Waals surface area contributed by atoms with Gasteiger partial charge in [-0.15, -0.1) is 13.2 Å². The van der Waals surface area contributed by atoms with E-state index in [2.05, 4.69) is 9.47 Å². The molecule has 1 N–H and O–H groups in total. The van der Waals surface area contributed by atoms with Crippen molar-refractivity contribution in [3.63, 3.8) is 0 Å². The van der Waals surface area contributed by atoms with E-state index < -0.39 is 46.4 Å². The first-order chi connectivity index (χ1) is 9.14. The fourth-order valence-electron chi connectivity index (χ4n) is 1.24. The summed E-state index contributed by atoms with van der Waals surface area (Å²) in [6.45, 7) is 0. The van der Waals surface area contributed by atoms with Crippen molar-refractivity contribution < 1.29 is 32.4 Å². The molecule has 0 aliphatic rings. The van der Waals surface area contributed by atoms with Crippen molar-refractivity contribution in [2.45, 2.75) is 12.8 Å². The van der Waals surface area contributed by atoms with Crippen LogP contribution in [0.5, 0.6) is 5.88 Å². The highest BCUT2D eigenvalue weighted by atomic mass is 19.4. The molecule has 1 heterocycles. The number of carbonyl (C=O) groups excluding carboxylic acids is 1. The van der Waals surface area contributed by atoms with Gasteiger partial charge in [-0.25, -0.2) is 4.98 Å². The van der Waals surface area contributed by atoms with Crippen molar-refractivity contribution in [1.29, 1.82) is 0 Å². The molecular formula is C9H7F3N2O6. The van der Waals surface area contributed by atoms with Crippen LogP contribution in [0.25, 0.3) is 0 Å². The number of methoxy groups -OCH3 is 1. The summed E-state index contributed by atoms with van der Waals surface area (Å²) >= 11 is 0. The molecule has 0 bridgehead atoms. The fraction of sp³-hybridized carbons (Fsp3) is 0.333. The van der Waals surface area contributed by atoms with E-state index in [4.69, 9.17) is 0 Å². The van der Waals surface area contributed by atoms with Crippen molar-refractivity contribution in [2.75, 3.05) is 7.11 Å². The van der Waals surface area contributed by atoms with Gasteiger partial charge in [0.25, 0.3) is 5.88 Å². The molecule has 20 heavy (non-hydrogen) atoms. The largest absolute Gasteiger partial charge is 0.575 e. The zero-order chi connectivity index (χ0) is 15.5. The number of hydrogen-bond acceptors (Lipinski definition) is 6. The average molecular weight is 296 g/mol. The number of alkyl halides is 3. The number of pyridine rings is 1. The molecule has 11 heteroatoms. The number of aromatic amines is 1. The minimum atomic E-state index is -5.19. The van der Waals surface area contributed by atoms with Gasteiger partial charge in [-0.05, 0) is 4.92 Å². The molecule has 0 atom stereocenters. The molecule has 1 rings (SSSR count). The number of ether oxygens (including phenoxy) is 2. The third kappa shape index (κ3) is 3.96. The van der Waals surface area contributed by atoms with E-state index >= 15 is 0 Å². The molecule has 0 aromatic carbocycles. The Hall–Kier alpha value is -2.59. The average Bonchev–Trinajstić information content (AvgIpc) is 2.30. The van der Waals surface area contributed by atoms with E-state index in [-0.39, 0.29) is 0 Å². The lowest BCUT2D eigenvalue weighted by Gasteiger charge is -2.09. The van der Waals surface area contributed by atoms with Crippen LogP contribution in [0.15, 0.2) is 10.9 Å². The summed E-state index contributed by atoms with van der Waals surface area (Å²) in [6.07, 6.45) is -6.02. The van der Waals surface area contributed by atoms with Crippen LogP contribution in [0.1, 0.15) is 5.56 Å². The highest BCUT2D eigenvalue weighted by molar-refractivity contribution is 5.73. The molecule has 0 amide bonds. The summed E-state index contributed by atoms with van der Waals surface area (Å²) in [7, 11) is 0.964. The quantitative estimate of drug-likeness (QED) is 0.502. The van der Waals surface area contributed by atoms with Gasteiger partial charge < -0.3 is 19.6 Å². The maximum absolute atomic E-state index is 12.2. The lowest BCUT2D eigenvalue weighted by Crippen LogP contribution is -2.24. The zero-order valence-electron chi connectivity index (χ0n) is 9.82. The highest BCUT2D eigenvalue weighted by Gasteiger charge is 2.35. The zero-order valence-corrected chi connectivity index (χ0v) is 9.82. The Morgan fingerprint density at radius 2 is 2.10 bits per heavy atom. The third-order valence-electron chi connectivity index (χ3n) is 2.04. The molecule has 0 aliphatic heterocycles. The van der Waals surface area contributed by atoms with Crippen LogP contribution in [0.3, 0.4) is 0 Å². The van der Waals surface area contributed by atoms with Crippen molar-refractivity contribution in [3.05, 3.63) is 32.0 Å². The van der Waals surface area contributed by atoms with Crippen LogP contribution in [-0.2, 0) is 16.0 Å². The van der Waals surface area contributed by atoms with Crippen LogP contribution >= 0.6 is 0 Å². The summed E-state index contributed by atoms with van der Waals surface area (Å²) in [5.74, 6) is -3.22. The van der Waals surface area contributed by atoms with E-state index in [9.17, 15) is 32.9 Å². The summed E-state index contributed by atoms with van der Waals surface area (Å²) in [5.41, 5.74) is -1.88. The smallest absolute Gasteiger partial charge is 0.469 e. The monoisotopic (exact) mass is 296 g/mol. The van der Waals surface area contributed by atoms with Gasteiger partial charge in [-0.3, -0.25) is 9.59 Å². The molecule has 0 unspecified atom stereocenters. The highest BCUT2D eigenvalue weighted by Crippen LogP contribution is 2.25. The molecule has 0 aliphatic carbocycles. The first kappa shape index (κ1) is 15.5. The predicted octanol–water partition coefficient (Wildman–Crippen LogP) is 0.897. The van der Waals surface area contributed by atoms with E-state index in [0.717, 1.165) is 7.11 Å². The van der Waals surface area contributed by atoms with E-state index in [1.54, 1.807) is 4.98 Å². The lowest BCUT2D eigenvalue weighted by atomic mass is 10.2. The van der Waals surface area contributed by atoms with E-state index in [0.29, 0.717) is 6.07 Å². The fourth-order valence-corrected chi connectivity index (χ4v) is 1.24. The molecule has 1 aromatic heterocycles. The van der Waals surface area contributed by atoms with Gasteiger partial charge in [-0.2, -0.15) is 0 Å². The second-order valence-electron chi connectivity index (χ2n) is 3.38. The van der Waals surface area contributed by atoms with E-state index in [1.165, 1.54) is 0 Å². The number of aromatic nitrogens is 1. The first-order valence-electron chi connectivity index (χ1n) is 4.87. The second kappa shape index (κ2) is 5.59. The summed E-state index contributed by atoms with van der Waals surface area (Å²) in [6, 6.07) is 0.446. The number of rotatable bonds is 4. The van der Waals surface area contributed by atoms with Gasteiger partial charge in [-0.1, -0.05) is 0 Å². The molecule has 1 aromatic rings. The number of esters is 1. The van der Waals surface area contributed by atoms with Gasteiger partial charge in [0.05, 0.1) is 25.2 Å². The molecule has 0 radical (unpaired) electrons. The Labute approximate surface area is 108 Å². The van der Waals surface area contributed by atoms with Crippen molar-refractivity contribution in [1.82, 2.24) is 4.98 Å². The first-order valence-corrected chi connectivity index (χ1v) is 4.87. The van der Waals surface area contributed by atoms with Gasteiger partial charge >= 0.3 is 18.1 Å². The lowest BCUT2D eigenvalue weighted by molar-refractivity contribution is -0.390. The van der Waals surface area contributed by atoms with Gasteiger partial charge in [0, 0.05) is 0 Å². The van der Waals surface area contributed by atoms with Crippen LogP contribution in [-0.4, -0.2) is 29.3 Å². The predicted molar refractivity (Wildman–Crippen MR) is 56.1 cm³/mol. The second-order valence-corrected chi connectivity index (χ2v) is 3.38. The summed E-state index contributed by atoms with van der Waals surface area (Å²) < 4.78 is 44.2. The molecule has 8 nitrogen and oxygen atoms in total. The SMILES string of the molecule is COC(=O)Cc1c(OC(F)(F)F)[nH]c([N+](=O)[O-])cc1=O. The Morgan fingerprint density at radius 1 is 1.50 bits per heavy atom. The van der Waals surface area contributed by atoms with Crippen molar-refractivity contribution in [3.8, 4) is 5.88 Å².